The lowest BCUT2D eigenvalue weighted by atomic mass is 9.97. The number of likely N-dealkylation sites (tertiary alicyclic amines) is 1. The van der Waals surface area contributed by atoms with Gasteiger partial charge in [-0.2, -0.15) is 8.42 Å². The number of rotatable bonds is 4. The predicted octanol–water partition coefficient (Wildman–Crippen LogP) is 1.25. The minimum absolute atomic E-state index is 0.0808. The first-order valence-corrected chi connectivity index (χ1v) is 11.4. The zero-order chi connectivity index (χ0) is 20.4. The number of fused-ring (bicyclic) bond motifs is 1. The molecule has 0 spiro atoms. The highest BCUT2D eigenvalue weighted by Gasteiger charge is 2.31. The van der Waals surface area contributed by atoms with Crippen molar-refractivity contribution in [1.29, 1.82) is 0 Å². The number of amidine groups is 1. The van der Waals surface area contributed by atoms with Gasteiger partial charge in [0.05, 0.1) is 17.9 Å². The van der Waals surface area contributed by atoms with E-state index in [2.05, 4.69) is 9.12 Å². The lowest BCUT2D eigenvalue weighted by Crippen LogP contribution is -2.47. The third-order valence-electron chi connectivity index (χ3n) is 5.50. The number of piperidine rings is 1. The molecule has 2 atom stereocenters. The third-order valence-corrected chi connectivity index (χ3v) is 6.42. The molecule has 0 aromatic heterocycles. The monoisotopic (exact) mass is 422 g/mol. The Morgan fingerprint density at radius 3 is 2.97 bits per heavy atom. The molecule has 0 bridgehead atoms. The van der Waals surface area contributed by atoms with Crippen LogP contribution < -0.4 is 15.2 Å². The molecule has 2 saturated heterocycles. The molecule has 158 valence electrons. The van der Waals surface area contributed by atoms with Crippen LogP contribution in [-0.2, 0) is 19.7 Å². The topological polar surface area (TPSA) is 123 Å². The molecule has 3 heterocycles. The molecular weight excluding hydrogens is 396 g/mol. The number of ether oxygens (including phenoxy) is 2. The molecule has 10 heteroatoms. The van der Waals surface area contributed by atoms with E-state index < -0.39 is 10.2 Å². The summed E-state index contributed by atoms with van der Waals surface area (Å²) in [6.07, 6.45) is 4.41. The Bertz CT molecular complexity index is 911. The lowest BCUT2D eigenvalue weighted by Gasteiger charge is -2.35. The maximum atomic E-state index is 12.7. The van der Waals surface area contributed by atoms with Gasteiger partial charge in [-0.1, -0.05) is 6.07 Å². The first kappa shape index (κ1) is 20.0. The number of anilines is 1. The zero-order valence-corrected chi connectivity index (χ0v) is 17.0. The van der Waals surface area contributed by atoms with Crippen LogP contribution in [0.5, 0.6) is 5.75 Å². The third kappa shape index (κ3) is 4.48. The SMILES string of the molecule is NC1=NS(=O)(=O)Nc2cccc(OC[C@H]3CCCN(C(=O)C4CCCCO4)C3)c21. The smallest absolute Gasteiger partial charge is 0.344 e. The highest BCUT2D eigenvalue weighted by Crippen LogP contribution is 2.31. The molecule has 2 fully saturated rings. The molecule has 0 saturated carbocycles. The van der Waals surface area contributed by atoms with Gasteiger partial charge in [-0.05, 0) is 44.2 Å². The van der Waals surface area contributed by atoms with Crippen LogP contribution in [0.2, 0.25) is 0 Å². The Morgan fingerprint density at radius 2 is 2.17 bits per heavy atom. The summed E-state index contributed by atoms with van der Waals surface area (Å²) in [5.74, 6) is 0.650. The summed E-state index contributed by atoms with van der Waals surface area (Å²) in [7, 11) is -3.82. The van der Waals surface area contributed by atoms with Crippen molar-refractivity contribution in [2.45, 2.75) is 38.2 Å². The van der Waals surface area contributed by atoms with Gasteiger partial charge in [0.2, 0.25) is 0 Å². The second-order valence-corrected chi connectivity index (χ2v) is 9.03. The normalized spacial score (nSPS) is 26.1. The molecule has 3 aliphatic heterocycles. The number of carbonyl (C=O) groups excluding carboxylic acids is 1. The number of hydrogen-bond acceptors (Lipinski definition) is 6. The van der Waals surface area contributed by atoms with Crippen molar-refractivity contribution in [2.24, 2.45) is 16.0 Å². The van der Waals surface area contributed by atoms with E-state index in [0.29, 0.717) is 36.8 Å². The fourth-order valence-electron chi connectivity index (χ4n) is 4.09. The van der Waals surface area contributed by atoms with Crippen LogP contribution in [0.3, 0.4) is 0 Å². The summed E-state index contributed by atoms with van der Waals surface area (Å²) in [6.45, 7) is 2.44. The van der Waals surface area contributed by atoms with E-state index in [1.165, 1.54) is 0 Å². The van der Waals surface area contributed by atoms with Gasteiger partial charge >= 0.3 is 10.2 Å². The number of hydrogen-bond donors (Lipinski definition) is 2. The van der Waals surface area contributed by atoms with E-state index >= 15 is 0 Å². The van der Waals surface area contributed by atoms with Gasteiger partial charge in [-0.25, -0.2) is 0 Å². The molecular formula is C19H26N4O5S. The number of nitrogens with zero attached hydrogens (tertiary/aromatic N) is 2. The van der Waals surface area contributed by atoms with E-state index in [0.717, 1.165) is 38.6 Å². The van der Waals surface area contributed by atoms with Crippen LogP contribution >= 0.6 is 0 Å². The molecule has 9 nitrogen and oxygen atoms in total. The van der Waals surface area contributed by atoms with Gasteiger partial charge < -0.3 is 20.1 Å². The Balaban J connectivity index is 1.40. The van der Waals surface area contributed by atoms with E-state index in [1.807, 2.05) is 4.90 Å². The fourth-order valence-corrected chi connectivity index (χ4v) is 4.93. The summed E-state index contributed by atoms with van der Waals surface area (Å²) in [5, 5.41) is 0. The number of nitrogens with one attached hydrogen (secondary N) is 1. The van der Waals surface area contributed by atoms with Crippen molar-refractivity contribution < 1.29 is 22.7 Å². The molecule has 29 heavy (non-hydrogen) atoms. The molecule has 3 N–H and O–H groups in total. The summed E-state index contributed by atoms with van der Waals surface area (Å²) >= 11 is 0. The minimum atomic E-state index is -3.82. The minimum Gasteiger partial charge on any atom is -0.492 e. The van der Waals surface area contributed by atoms with Crippen LogP contribution in [-0.4, -0.2) is 57.5 Å². The zero-order valence-electron chi connectivity index (χ0n) is 16.2. The van der Waals surface area contributed by atoms with Crippen molar-refractivity contribution >= 4 is 27.6 Å². The van der Waals surface area contributed by atoms with Crippen molar-refractivity contribution in [3.63, 3.8) is 0 Å². The second-order valence-electron chi connectivity index (χ2n) is 7.69. The molecule has 1 aromatic rings. The Morgan fingerprint density at radius 1 is 1.31 bits per heavy atom. The molecule has 1 unspecified atom stereocenters. The standard InChI is InChI=1S/C19H26N4O5S/c20-18-17-14(21-29(25,26)22-18)6-3-8-15(17)28-12-13-5-4-9-23(11-13)19(24)16-7-1-2-10-27-16/h3,6,8,13,16,21H,1-2,4-5,7,9-12H2,(H2,20,22)/t13-,16?/m0/s1. The van der Waals surface area contributed by atoms with Gasteiger partial charge in [0.1, 0.15) is 11.9 Å². The van der Waals surface area contributed by atoms with Crippen molar-refractivity contribution in [2.75, 3.05) is 31.0 Å². The van der Waals surface area contributed by atoms with Crippen molar-refractivity contribution in [1.82, 2.24) is 4.90 Å². The molecule has 0 radical (unpaired) electrons. The first-order valence-electron chi connectivity index (χ1n) is 9.98. The predicted molar refractivity (Wildman–Crippen MR) is 108 cm³/mol. The summed E-state index contributed by atoms with van der Waals surface area (Å²) in [5.41, 5.74) is 6.66. The van der Waals surface area contributed by atoms with Crippen LogP contribution in [0.4, 0.5) is 5.69 Å². The van der Waals surface area contributed by atoms with Crippen LogP contribution in [0.15, 0.2) is 22.6 Å². The Labute approximate surface area is 170 Å². The molecule has 0 aliphatic carbocycles. The summed E-state index contributed by atoms with van der Waals surface area (Å²) < 4.78 is 40.9. The Hall–Kier alpha value is -2.33. The number of nitrogens with two attached hydrogens (primary N) is 1. The van der Waals surface area contributed by atoms with Gasteiger partial charge in [-0.15, -0.1) is 4.40 Å². The quantitative estimate of drug-likeness (QED) is 0.753. The van der Waals surface area contributed by atoms with Gasteiger partial charge in [-0.3, -0.25) is 9.52 Å². The maximum absolute atomic E-state index is 12.7. The van der Waals surface area contributed by atoms with E-state index in [4.69, 9.17) is 15.2 Å². The largest absolute Gasteiger partial charge is 0.492 e. The van der Waals surface area contributed by atoms with Crippen molar-refractivity contribution in [3.05, 3.63) is 23.8 Å². The highest BCUT2D eigenvalue weighted by atomic mass is 32.2. The fraction of sp³-hybridized carbons (Fsp3) is 0.579. The van der Waals surface area contributed by atoms with Gasteiger partial charge in [0.25, 0.3) is 5.91 Å². The maximum Gasteiger partial charge on any atom is 0.344 e. The summed E-state index contributed by atoms with van der Waals surface area (Å²) in [4.78, 5) is 14.6. The van der Waals surface area contributed by atoms with E-state index in [1.54, 1.807) is 18.2 Å². The van der Waals surface area contributed by atoms with Crippen LogP contribution in [0.25, 0.3) is 0 Å². The van der Waals surface area contributed by atoms with E-state index in [9.17, 15) is 13.2 Å². The summed E-state index contributed by atoms with van der Waals surface area (Å²) in [6, 6.07) is 5.06. The van der Waals surface area contributed by atoms with E-state index in [-0.39, 0.29) is 23.8 Å². The Kier molecular flexibility index (Phi) is 5.64. The molecule has 1 aromatic carbocycles. The number of carbonyl (C=O) groups is 1. The first-order chi connectivity index (χ1) is 13.9. The molecule has 1 amide bonds. The molecule has 4 rings (SSSR count). The van der Waals surface area contributed by atoms with Gasteiger partial charge in [0.15, 0.2) is 5.84 Å². The van der Waals surface area contributed by atoms with Crippen LogP contribution in [0.1, 0.15) is 37.7 Å². The highest BCUT2D eigenvalue weighted by molar-refractivity contribution is 7.91. The number of benzene rings is 1. The van der Waals surface area contributed by atoms with Crippen LogP contribution in [0, 0.1) is 5.92 Å². The molecule has 3 aliphatic rings. The average molecular weight is 423 g/mol. The van der Waals surface area contributed by atoms with Gasteiger partial charge in [0, 0.05) is 25.6 Å². The van der Waals surface area contributed by atoms with Crippen molar-refractivity contribution in [3.8, 4) is 5.75 Å². The number of amides is 1. The second kappa shape index (κ2) is 8.19. The lowest BCUT2D eigenvalue weighted by molar-refractivity contribution is -0.148. The average Bonchev–Trinajstić information content (AvgIpc) is 2.71.